The lowest BCUT2D eigenvalue weighted by Crippen LogP contribution is -2.46. The molecule has 1 aliphatic heterocycles. The van der Waals surface area contributed by atoms with Crippen molar-refractivity contribution in [2.24, 2.45) is 0 Å². The van der Waals surface area contributed by atoms with Crippen LogP contribution in [-0.4, -0.2) is 44.9 Å². The van der Waals surface area contributed by atoms with Gasteiger partial charge in [-0.15, -0.1) is 0 Å². The van der Waals surface area contributed by atoms with Gasteiger partial charge in [0.1, 0.15) is 16.5 Å². The number of benzene rings is 2. The third-order valence-electron chi connectivity index (χ3n) is 5.49. The normalized spacial score (nSPS) is 15.7. The molecule has 162 valence electrons. The first-order chi connectivity index (χ1) is 14.2. The summed E-state index contributed by atoms with van der Waals surface area (Å²) in [5, 5.41) is 2.95. The molecule has 0 saturated carbocycles. The molecule has 6 nitrogen and oxygen atoms in total. The largest absolute Gasteiger partial charge is 0.495 e. The molecule has 1 fully saturated rings. The van der Waals surface area contributed by atoms with E-state index in [4.69, 9.17) is 4.74 Å². The van der Waals surface area contributed by atoms with Crippen molar-refractivity contribution in [3.05, 3.63) is 58.9 Å². The molecule has 30 heavy (non-hydrogen) atoms. The van der Waals surface area contributed by atoms with E-state index in [1.807, 2.05) is 13.8 Å². The Bertz CT molecular complexity index is 1010. The Kier molecular flexibility index (Phi) is 6.77. The summed E-state index contributed by atoms with van der Waals surface area (Å²) < 4.78 is 46.0. The van der Waals surface area contributed by atoms with Crippen LogP contribution in [-0.2, 0) is 21.2 Å². The van der Waals surface area contributed by atoms with Crippen molar-refractivity contribution in [1.29, 1.82) is 0 Å². The number of piperidine rings is 1. The van der Waals surface area contributed by atoms with Gasteiger partial charge in [-0.3, -0.25) is 4.79 Å². The van der Waals surface area contributed by atoms with Crippen molar-refractivity contribution >= 4 is 15.9 Å². The highest BCUT2D eigenvalue weighted by atomic mass is 32.2. The highest BCUT2D eigenvalue weighted by Crippen LogP contribution is 2.31. The first-order valence-corrected chi connectivity index (χ1v) is 11.3. The second-order valence-corrected chi connectivity index (χ2v) is 9.54. The number of halogens is 1. The van der Waals surface area contributed by atoms with Crippen LogP contribution in [0.15, 0.2) is 41.3 Å². The lowest BCUT2D eigenvalue weighted by atomic mass is 10.1. The van der Waals surface area contributed by atoms with Crippen molar-refractivity contribution < 1.29 is 22.3 Å². The predicted octanol–water partition coefficient (Wildman–Crippen LogP) is 2.96. The molecular weight excluding hydrogens is 407 g/mol. The molecule has 1 N–H and O–H groups in total. The van der Waals surface area contributed by atoms with Crippen LogP contribution in [0.2, 0.25) is 0 Å². The van der Waals surface area contributed by atoms with E-state index in [1.165, 1.54) is 23.5 Å². The van der Waals surface area contributed by atoms with Crippen molar-refractivity contribution in [1.82, 2.24) is 9.62 Å². The molecule has 0 unspecified atom stereocenters. The second kappa shape index (κ2) is 9.14. The van der Waals surface area contributed by atoms with E-state index in [0.29, 0.717) is 31.7 Å². The molecule has 0 bridgehead atoms. The van der Waals surface area contributed by atoms with Crippen molar-refractivity contribution in [2.75, 3.05) is 20.2 Å². The highest BCUT2D eigenvalue weighted by Gasteiger charge is 2.32. The third-order valence-corrected chi connectivity index (χ3v) is 7.41. The fourth-order valence-electron chi connectivity index (χ4n) is 3.57. The van der Waals surface area contributed by atoms with Gasteiger partial charge in [-0.05, 0) is 67.6 Å². The quantitative estimate of drug-likeness (QED) is 0.759. The van der Waals surface area contributed by atoms with Gasteiger partial charge in [0.25, 0.3) is 0 Å². The molecule has 1 amide bonds. The zero-order valence-corrected chi connectivity index (χ0v) is 18.3. The zero-order valence-electron chi connectivity index (χ0n) is 17.4. The smallest absolute Gasteiger partial charge is 0.246 e. The van der Waals surface area contributed by atoms with Gasteiger partial charge in [0, 0.05) is 19.1 Å². The topological polar surface area (TPSA) is 75.7 Å². The fourth-order valence-corrected chi connectivity index (χ4v) is 5.26. The number of hydrogen-bond acceptors (Lipinski definition) is 4. The van der Waals surface area contributed by atoms with Crippen LogP contribution in [0, 0.1) is 19.7 Å². The van der Waals surface area contributed by atoms with Gasteiger partial charge in [0.2, 0.25) is 15.9 Å². The van der Waals surface area contributed by atoms with Crippen LogP contribution >= 0.6 is 0 Å². The van der Waals surface area contributed by atoms with Crippen LogP contribution in [0.3, 0.4) is 0 Å². The van der Waals surface area contributed by atoms with Crippen LogP contribution in [0.1, 0.15) is 29.5 Å². The Balaban J connectivity index is 1.61. The van der Waals surface area contributed by atoms with Crippen LogP contribution in [0.5, 0.6) is 5.75 Å². The van der Waals surface area contributed by atoms with E-state index in [-0.39, 0.29) is 29.1 Å². The van der Waals surface area contributed by atoms with Crippen molar-refractivity contribution in [3.8, 4) is 5.75 Å². The average Bonchev–Trinajstić information content (AvgIpc) is 2.71. The number of nitrogens with zero attached hydrogens (tertiary/aromatic N) is 1. The number of sulfonamides is 1. The number of methoxy groups -OCH3 is 1. The number of carbonyl (C=O) groups is 1. The molecule has 0 atom stereocenters. The molecule has 0 aliphatic carbocycles. The predicted molar refractivity (Wildman–Crippen MR) is 112 cm³/mol. The summed E-state index contributed by atoms with van der Waals surface area (Å²) in [5.74, 6) is -0.153. The second-order valence-electron chi connectivity index (χ2n) is 7.64. The molecule has 1 aliphatic rings. The minimum Gasteiger partial charge on any atom is -0.495 e. The summed E-state index contributed by atoms with van der Waals surface area (Å²) in [5.41, 5.74) is 2.58. The first-order valence-electron chi connectivity index (χ1n) is 9.90. The van der Waals surface area contributed by atoms with Gasteiger partial charge < -0.3 is 10.1 Å². The Morgan fingerprint density at radius 3 is 2.33 bits per heavy atom. The standard InChI is InChI=1S/C22H27FN2O4S/c1-15-12-20(29-3)21(13-16(15)2)30(27,28)25-10-8-19(9-11-25)24-22(26)14-17-4-6-18(23)7-5-17/h4-7,12-13,19H,8-11,14H2,1-3H3,(H,24,26). The Hall–Kier alpha value is -2.45. The monoisotopic (exact) mass is 434 g/mol. The summed E-state index contributed by atoms with van der Waals surface area (Å²) in [6.45, 7) is 4.42. The Morgan fingerprint density at radius 2 is 1.73 bits per heavy atom. The van der Waals surface area contributed by atoms with Crippen LogP contribution in [0.4, 0.5) is 4.39 Å². The van der Waals surface area contributed by atoms with Gasteiger partial charge in [0.15, 0.2) is 0 Å². The van der Waals surface area contributed by atoms with E-state index in [0.717, 1.165) is 16.7 Å². The van der Waals surface area contributed by atoms with E-state index in [2.05, 4.69) is 5.32 Å². The molecule has 8 heteroatoms. The van der Waals surface area contributed by atoms with Gasteiger partial charge in [0.05, 0.1) is 13.5 Å². The summed E-state index contributed by atoms with van der Waals surface area (Å²) in [6, 6.07) is 9.12. The zero-order chi connectivity index (χ0) is 21.9. The molecule has 1 heterocycles. The molecule has 0 aromatic heterocycles. The number of rotatable bonds is 6. The minimum atomic E-state index is -3.69. The fraction of sp³-hybridized carbons (Fsp3) is 0.409. The lowest BCUT2D eigenvalue weighted by molar-refractivity contribution is -0.121. The minimum absolute atomic E-state index is 0.0916. The first kappa shape index (κ1) is 22.2. The van der Waals surface area contributed by atoms with Gasteiger partial charge in [-0.2, -0.15) is 4.31 Å². The number of hydrogen-bond donors (Lipinski definition) is 1. The number of carbonyl (C=O) groups excluding carboxylic acids is 1. The average molecular weight is 435 g/mol. The van der Waals surface area contributed by atoms with Crippen molar-refractivity contribution in [2.45, 2.75) is 44.0 Å². The molecular formula is C22H27FN2O4S. The molecule has 1 saturated heterocycles. The Morgan fingerprint density at radius 1 is 1.13 bits per heavy atom. The summed E-state index contributed by atoms with van der Waals surface area (Å²) in [6.07, 6.45) is 1.22. The van der Waals surface area contributed by atoms with Crippen LogP contribution < -0.4 is 10.1 Å². The van der Waals surface area contributed by atoms with Gasteiger partial charge in [-0.25, -0.2) is 12.8 Å². The van der Waals surface area contributed by atoms with E-state index < -0.39 is 10.0 Å². The molecule has 3 rings (SSSR count). The maximum absolute atomic E-state index is 13.2. The molecule has 0 radical (unpaired) electrons. The molecule has 0 spiro atoms. The maximum atomic E-state index is 13.2. The Labute approximate surface area is 177 Å². The number of aryl methyl sites for hydroxylation is 2. The van der Waals surface area contributed by atoms with E-state index >= 15 is 0 Å². The lowest BCUT2D eigenvalue weighted by Gasteiger charge is -2.32. The number of nitrogens with one attached hydrogen (secondary N) is 1. The number of ether oxygens (including phenoxy) is 1. The van der Waals surface area contributed by atoms with E-state index in [1.54, 1.807) is 24.3 Å². The van der Waals surface area contributed by atoms with Gasteiger partial charge >= 0.3 is 0 Å². The third kappa shape index (κ3) is 4.99. The highest BCUT2D eigenvalue weighted by molar-refractivity contribution is 7.89. The molecule has 2 aromatic rings. The van der Waals surface area contributed by atoms with Crippen molar-refractivity contribution in [3.63, 3.8) is 0 Å². The number of amides is 1. The van der Waals surface area contributed by atoms with Gasteiger partial charge in [-0.1, -0.05) is 12.1 Å². The molecule has 2 aromatic carbocycles. The summed E-state index contributed by atoms with van der Waals surface area (Å²) >= 11 is 0. The maximum Gasteiger partial charge on any atom is 0.246 e. The van der Waals surface area contributed by atoms with E-state index in [9.17, 15) is 17.6 Å². The summed E-state index contributed by atoms with van der Waals surface area (Å²) in [7, 11) is -2.22. The summed E-state index contributed by atoms with van der Waals surface area (Å²) in [4.78, 5) is 12.4. The van der Waals surface area contributed by atoms with Crippen LogP contribution in [0.25, 0.3) is 0 Å². The SMILES string of the molecule is COc1cc(C)c(C)cc1S(=O)(=O)N1CCC(NC(=O)Cc2ccc(F)cc2)CC1.